The van der Waals surface area contributed by atoms with Gasteiger partial charge in [-0.05, 0) is 49.6 Å². The number of hydrogen-bond acceptors (Lipinski definition) is 6. The minimum atomic E-state index is -4.55. The number of carbonyl (C=O) groups excluding carboxylic acids is 1. The zero-order valence-electron chi connectivity index (χ0n) is 16.3. The summed E-state index contributed by atoms with van der Waals surface area (Å²) in [5.41, 5.74) is 1.25. The highest BCUT2D eigenvalue weighted by molar-refractivity contribution is 5.99. The van der Waals surface area contributed by atoms with Crippen LogP contribution in [0.3, 0.4) is 0 Å². The highest BCUT2D eigenvalue weighted by atomic mass is 19.4. The van der Waals surface area contributed by atoms with Crippen molar-refractivity contribution < 1.29 is 18.0 Å². The molecule has 1 saturated heterocycles. The van der Waals surface area contributed by atoms with Crippen LogP contribution in [0.5, 0.6) is 0 Å². The molecule has 0 radical (unpaired) electrons. The normalized spacial score (nSPS) is 18.6. The number of fused-ring (bicyclic) bond motifs is 1. The molecule has 1 aromatic carbocycles. The molecule has 160 valence electrons. The first-order chi connectivity index (χ1) is 14.4. The molecule has 2 aromatic rings. The van der Waals surface area contributed by atoms with E-state index in [0.717, 1.165) is 49.7 Å². The summed E-state index contributed by atoms with van der Waals surface area (Å²) in [6.45, 7) is 1.33. The van der Waals surface area contributed by atoms with Crippen LogP contribution in [0.1, 0.15) is 36.8 Å². The molecule has 0 saturated carbocycles. The van der Waals surface area contributed by atoms with Gasteiger partial charge in [-0.25, -0.2) is 4.98 Å². The summed E-state index contributed by atoms with van der Waals surface area (Å²) in [7, 11) is 0. The van der Waals surface area contributed by atoms with Crippen LogP contribution in [0.2, 0.25) is 0 Å². The summed E-state index contributed by atoms with van der Waals surface area (Å²) >= 11 is 0. The van der Waals surface area contributed by atoms with Crippen LogP contribution in [0.25, 0.3) is 0 Å². The lowest BCUT2D eigenvalue weighted by Gasteiger charge is -2.23. The third kappa shape index (κ3) is 4.81. The molecule has 0 aliphatic carbocycles. The van der Waals surface area contributed by atoms with E-state index in [1.165, 1.54) is 0 Å². The van der Waals surface area contributed by atoms with Crippen LogP contribution in [0, 0.1) is 0 Å². The van der Waals surface area contributed by atoms with Crippen molar-refractivity contribution in [1.82, 2.24) is 15.3 Å². The van der Waals surface area contributed by atoms with Crippen molar-refractivity contribution in [3.63, 3.8) is 0 Å². The Morgan fingerprint density at radius 2 is 2.10 bits per heavy atom. The van der Waals surface area contributed by atoms with Gasteiger partial charge >= 0.3 is 6.18 Å². The SMILES string of the molecule is O=C1Cc2cc(Nc3ncc(C(F)(F)F)c(NCCC4CCCCN4)n3)ccc2N1. The van der Waals surface area contributed by atoms with Crippen molar-refractivity contribution in [3.8, 4) is 0 Å². The number of aromatic nitrogens is 2. The van der Waals surface area contributed by atoms with Crippen LogP contribution >= 0.6 is 0 Å². The lowest BCUT2D eigenvalue weighted by Crippen LogP contribution is -2.35. The minimum absolute atomic E-state index is 0.0542. The van der Waals surface area contributed by atoms with Crippen LogP contribution in [-0.2, 0) is 17.4 Å². The van der Waals surface area contributed by atoms with Crippen molar-refractivity contribution in [2.45, 2.75) is 44.3 Å². The van der Waals surface area contributed by atoms with Gasteiger partial charge in [0.1, 0.15) is 11.4 Å². The summed E-state index contributed by atoms with van der Waals surface area (Å²) in [6.07, 6.45) is 0.514. The number of amides is 1. The largest absolute Gasteiger partial charge is 0.421 e. The van der Waals surface area contributed by atoms with Crippen molar-refractivity contribution in [3.05, 3.63) is 35.5 Å². The van der Waals surface area contributed by atoms with Gasteiger partial charge < -0.3 is 21.3 Å². The Hall–Kier alpha value is -2.88. The highest BCUT2D eigenvalue weighted by Gasteiger charge is 2.35. The Morgan fingerprint density at radius 1 is 1.23 bits per heavy atom. The lowest BCUT2D eigenvalue weighted by molar-refractivity contribution is -0.137. The molecule has 0 bridgehead atoms. The zero-order valence-corrected chi connectivity index (χ0v) is 16.3. The number of alkyl halides is 3. The monoisotopic (exact) mass is 420 g/mol. The van der Waals surface area contributed by atoms with E-state index in [-0.39, 0.29) is 24.1 Å². The van der Waals surface area contributed by atoms with E-state index in [0.29, 0.717) is 18.3 Å². The molecule has 1 unspecified atom stereocenters. The van der Waals surface area contributed by atoms with Crippen LogP contribution in [0.4, 0.5) is 36.3 Å². The molecule has 1 fully saturated rings. The molecule has 30 heavy (non-hydrogen) atoms. The molecule has 1 amide bonds. The van der Waals surface area contributed by atoms with E-state index < -0.39 is 11.7 Å². The molecule has 2 aliphatic rings. The maximum Gasteiger partial charge on any atom is 0.421 e. The predicted molar refractivity (Wildman–Crippen MR) is 108 cm³/mol. The van der Waals surface area contributed by atoms with Gasteiger partial charge in [-0.2, -0.15) is 18.2 Å². The van der Waals surface area contributed by atoms with E-state index in [1.807, 2.05) is 0 Å². The number of anilines is 4. The third-order valence-electron chi connectivity index (χ3n) is 5.28. The van der Waals surface area contributed by atoms with Crippen molar-refractivity contribution in [2.24, 2.45) is 0 Å². The fourth-order valence-electron chi connectivity index (χ4n) is 3.76. The number of piperidine rings is 1. The number of benzene rings is 1. The quantitative estimate of drug-likeness (QED) is 0.570. The number of nitrogens with zero attached hydrogens (tertiary/aromatic N) is 2. The van der Waals surface area contributed by atoms with Crippen LogP contribution in [0.15, 0.2) is 24.4 Å². The number of carbonyl (C=O) groups is 1. The number of rotatable bonds is 6. The zero-order chi connectivity index (χ0) is 21.1. The van der Waals surface area contributed by atoms with Gasteiger partial charge in [0.25, 0.3) is 0 Å². The Morgan fingerprint density at radius 3 is 2.87 bits per heavy atom. The fraction of sp³-hybridized carbons (Fsp3) is 0.450. The molecule has 1 atom stereocenters. The van der Waals surface area contributed by atoms with E-state index in [2.05, 4.69) is 31.2 Å². The molecule has 4 N–H and O–H groups in total. The summed E-state index contributed by atoms with van der Waals surface area (Å²) in [6, 6.07) is 5.52. The second-order valence-corrected chi connectivity index (χ2v) is 7.54. The van der Waals surface area contributed by atoms with Crippen molar-refractivity contribution in [1.29, 1.82) is 0 Å². The lowest BCUT2D eigenvalue weighted by atomic mass is 10.0. The first-order valence-electron chi connectivity index (χ1n) is 10.00. The average molecular weight is 420 g/mol. The number of halogens is 3. The van der Waals surface area contributed by atoms with Gasteiger partial charge in [0.15, 0.2) is 0 Å². The van der Waals surface area contributed by atoms with E-state index in [9.17, 15) is 18.0 Å². The maximum absolute atomic E-state index is 13.4. The Kier molecular flexibility index (Phi) is 5.76. The summed E-state index contributed by atoms with van der Waals surface area (Å²) in [5.74, 6) is -0.279. The van der Waals surface area contributed by atoms with Crippen LogP contribution < -0.4 is 21.3 Å². The van der Waals surface area contributed by atoms with Gasteiger partial charge in [-0.1, -0.05) is 6.42 Å². The Balaban J connectivity index is 1.48. The first kappa shape index (κ1) is 20.4. The molecule has 7 nitrogen and oxygen atoms in total. The predicted octanol–water partition coefficient (Wildman–Crippen LogP) is 3.68. The number of hydrogen-bond donors (Lipinski definition) is 4. The van der Waals surface area contributed by atoms with Crippen LogP contribution in [-0.4, -0.2) is 35.0 Å². The van der Waals surface area contributed by atoms with Gasteiger partial charge in [0.05, 0.1) is 6.42 Å². The second-order valence-electron chi connectivity index (χ2n) is 7.54. The standard InChI is InChI=1S/C20H23F3N6O/c21-20(22,23)15-11-26-19(27-14-4-5-16-12(9-14)10-17(30)28-16)29-18(15)25-8-6-13-3-1-2-7-24-13/h4-5,9,11,13,24H,1-3,6-8,10H2,(H,28,30)(H2,25,26,27,29). The summed E-state index contributed by atoms with van der Waals surface area (Å²) in [4.78, 5) is 19.4. The highest BCUT2D eigenvalue weighted by Crippen LogP contribution is 2.34. The molecule has 1 aromatic heterocycles. The van der Waals surface area contributed by atoms with Gasteiger partial charge in [-0.15, -0.1) is 0 Å². The average Bonchev–Trinajstić information content (AvgIpc) is 3.07. The first-order valence-corrected chi connectivity index (χ1v) is 10.00. The summed E-state index contributed by atoms with van der Waals surface area (Å²) < 4.78 is 40.2. The third-order valence-corrected chi connectivity index (χ3v) is 5.28. The van der Waals surface area contributed by atoms with E-state index >= 15 is 0 Å². The van der Waals surface area contributed by atoms with Crippen molar-refractivity contribution >= 4 is 29.0 Å². The Bertz CT molecular complexity index is 927. The van der Waals surface area contributed by atoms with Gasteiger partial charge in [0, 0.05) is 30.2 Å². The maximum atomic E-state index is 13.4. The molecule has 4 rings (SSSR count). The van der Waals surface area contributed by atoms with E-state index in [1.54, 1.807) is 18.2 Å². The molecular weight excluding hydrogens is 397 g/mol. The summed E-state index contributed by atoms with van der Waals surface area (Å²) in [5, 5.41) is 11.9. The topological polar surface area (TPSA) is 91.0 Å². The molecule has 0 spiro atoms. The fourth-order valence-corrected chi connectivity index (χ4v) is 3.76. The van der Waals surface area contributed by atoms with Gasteiger partial charge in [-0.3, -0.25) is 4.79 Å². The Labute approximate surface area is 171 Å². The molecule has 2 aliphatic heterocycles. The number of nitrogens with one attached hydrogen (secondary N) is 4. The molecular formula is C20H23F3N6O. The second kappa shape index (κ2) is 8.47. The van der Waals surface area contributed by atoms with E-state index in [4.69, 9.17) is 0 Å². The molecule has 10 heteroatoms. The van der Waals surface area contributed by atoms with Crippen molar-refractivity contribution in [2.75, 3.05) is 29.0 Å². The minimum Gasteiger partial charge on any atom is -0.369 e. The molecule has 3 heterocycles. The van der Waals surface area contributed by atoms with Gasteiger partial charge in [0.2, 0.25) is 11.9 Å². The smallest absolute Gasteiger partial charge is 0.369 e.